The first-order valence-electron chi connectivity index (χ1n) is 4.60. The number of hydrogen-bond donors (Lipinski definition) is 1. The van der Waals surface area contributed by atoms with Crippen molar-refractivity contribution in [3.63, 3.8) is 0 Å². The first-order chi connectivity index (χ1) is 8.19. The van der Waals surface area contributed by atoms with Crippen molar-refractivity contribution in [2.24, 2.45) is 0 Å². The van der Waals surface area contributed by atoms with Crippen molar-refractivity contribution in [3.8, 4) is 23.5 Å². The average molecular weight is 254 g/mol. The van der Waals surface area contributed by atoms with E-state index in [4.69, 9.17) is 21.1 Å². The van der Waals surface area contributed by atoms with Gasteiger partial charge in [0, 0.05) is 0 Å². The van der Waals surface area contributed by atoms with Crippen molar-refractivity contribution in [1.82, 2.24) is 15.0 Å². The molecule has 0 unspecified atom stereocenters. The number of nitrogens with zero attached hydrogens (tertiary/aromatic N) is 3. The third kappa shape index (κ3) is 2.73. The normalized spacial score (nSPS) is 10.0. The van der Waals surface area contributed by atoms with Crippen LogP contribution in [0.5, 0.6) is 23.5 Å². The van der Waals surface area contributed by atoms with Crippen LogP contribution in [0.15, 0.2) is 24.3 Å². The topological polar surface area (TPSA) is 77.4 Å². The van der Waals surface area contributed by atoms with Gasteiger partial charge in [-0.3, -0.25) is 0 Å². The summed E-state index contributed by atoms with van der Waals surface area (Å²) in [5.41, 5.74) is 0. The van der Waals surface area contributed by atoms with Gasteiger partial charge in [0.15, 0.2) is 11.5 Å². The second-order valence-electron chi connectivity index (χ2n) is 2.94. The van der Waals surface area contributed by atoms with Gasteiger partial charge in [0.25, 0.3) is 0 Å². The first-order valence-corrected chi connectivity index (χ1v) is 4.98. The summed E-state index contributed by atoms with van der Waals surface area (Å²) in [6, 6.07) is 6.41. The molecular formula is C10H8ClN3O3. The summed E-state index contributed by atoms with van der Waals surface area (Å²) in [6.07, 6.45) is 0. The highest BCUT2D eigenvalue weighted by atomic mass is 35.5. The molecule has 1 heterocycles. The number of ether oxygens (including phenoxy) is 2. The minimum absolute atomic E-state index is 0.0250. The zero-order valence-corrected chi connectivity index (χ0v) is 9.55. The molecule has 6 nitrogen and oxygen atoms in total. The van der Waals surface area contributed by atoms with Crippen LogP contribution < -0.4 is 9.47 Å². The molecule has 88 valence electrons. The molecule has 0 atom stereocenters. The second kappa shape index (κ2) is 4.84. The summed E-state index contributed by atoms with van der Waals surface area (Å²) in [4.78, 5) is 11.3. The van der Waals surface area contributed by atoms with Crippen LogP contribution in [0.2, 0.25) is 5.28 Å². The van der Waals surface area contributed by atoms with Gasteiger partial charge in [-0.15, -0.1) is 4.98 Å². The van der Waals surface area contributed by atoms with E-state index in [0.29, 0.717) is 0 Å². The smallest absolute Gasteiger partial charge is 0.329 e. The fraction of sp³-hybridized carbons (Fsp3) is 0.100. The van der Waals surface area contributed by atoms with Crippen molar-refractivity contribution in [3.05, 3.63) is 29.5 Å². The van der Waals surface area contributed by atoms with E-state index < -0.39 is 0 Å². The standard InChI is InChI=1S/C10H8ClN3O3/c1-16-9-12-8(11)13-10(14-9)17-7-5-3-2-4-6(7)15/h2-5,15H,1H3. The zero-order valence-electron chi connectivity index (χ0n) is 8.79. The highest BCUT2D eigenvalue weighted by molar-refractivity contribution is 6.28. The number of hydrogen-bond acceptors (Lipinski definition) is 6. The van der Waals surface area contributed by atoms with Crippen LogP contribution in [0.3, 0.4) is 0 Å². The monoisotopic (exact) mass is 253 g/mol. The Morgan fingerprint density at radius 2 is 1.82 bits per heavy atom. The van der Waals surface area contributed by atoms with Crippen LogP contribution in [-0.4, -0.2) is 27.2 Å². The number of aromatic hydroxyl groups is 1. The Morgan fingerprint density at radius 3 is 2.53 bits per heavy atom. The van der Waals surface area contributed by atoms with Crippen LogP contribution in [0, 0.1) is 0 Å². The Balaban J connectivity index is 2.30. The van der Waals surface area contributed by atoms with E-state index >= 15 is 0 Å². The molecule has 1 aromatic heterocycles. The largest absolute Gasteiger partial charge is 0.504 e. The van der Waals surface area contributed by atoms with E-state index in [1.54, 1.807) is 18.2 Å². The summed E-state index contributed by atoms with van der Waals surface area (Å²) in [5, 5.41) is 9.45. The molecular weight excluding hydrogens is 246 g/mol. The number of benzene rings is 1. The number of phenols is 1. The molecule has 0 saturated carbocycles. The maximum absolute atomic E-state index is 9.51. The fourth-order valence-corrected chi connectivity index (χ4v) is 1.24. The molecule has 1 aromatic carbocycles. The van der Waals surface area contributed by atoms with Crippen molar-refractivity contribution in [2.75, 3.05) is 7.11 Å². The summed E-state index contributed by atoms with van der Waals surface area (Å²) in [6.45, 7) is 0. The molecule has 0 radical (unpaired) electrons. The van der Waals surface area contributed by atoms with Crippen molar-refractivity contribution < 1.29 is 14.6 Å². The predicted molar refractivity (Wildman–Crippen MR) is 59.6 cm³/mol. The van der Waals surface area contributed by atoms with Gasteiger partial charge in [0.05, 0.1) is 7.11 Å². The third-order valence-electron chi connectivity index (χ3n) is 1.82. The third-order valence-corrected chi connectivity index (χ3v) is 1.99. The molecule has 0 aliphatic rings. The Bertz CT molecular complexity index is 536. The quantitative estimate of drug-likeness (QED) is 0.902. The number of phenolic OH excluding ortho intramolecular Hbond substituents is 1. The van der Waals surface area contributed by atoms with Crippen LogP contribution in [0.4, 0.5) is 0 Å². The van der Waals surface area contributed by atoms with Crippen molar-refractivity contribution in [2.45, 2.75) is 0 Å². The molecule has 0 fully saturated rings. The van der Waals surface area contributed by atoms with Crippen LogP contribution in [0.25, 0.3) is 0 Å². The minimum atomic E-state index is -0.0535. The number of methoxy groups -OCH3 is 1. The Labute approximate surface area is 102 Å². The van der Waals surface area contributed by atoms with E-state index in [1.807, 2.05) is 0 Å². The lowest BCUT2D eigenvalue weighted by Crippen LogP contribution is -1.98. The van der Waals surface area contributed by atoms with Gasteiger partial charge in [0.1, 0.15) is 0 Å². The number of rotatable bonds is 3. The van der Waals surface area contributed by atoms with E-state index in [-0.39, 0.29) is 28.8 Å². The van der Waals surface area contributed by atoms with Crippen molar-refractivity contribution in [1.29, 1.82) is 0 Å². The van der Waals surface area contributed by atoms with Gasteiger partial charge in [-0.05, 0) is 23.7 Å². The summed E-state index contributed by atoms with van der Waals surface area (Å²) in [5.74, 6) is 0.194. The lowest BCUT2D eigenvalue weighted by atomic mass is 10.3. The second-order valence-corrected chi connectivity index (χ2v) is 3.28. The molecule has 0 saturated heterocycles. The van der Waals surface area contributed by atoms with Gasteiger partial charge in [0.2, 0.25) is 5.28 Å². The molecule has 2 aromatic rings. The highest BCUT2D eigenvalue weighted by Gasteiger charge is 2.09. The molecule has 0 aliphatic carbocycles. The highest BCUT2D eigenvalue weighted by Crippen LogP contribution is 2.28. The lowest BCUT2D eigenvalue weighted by molar-refractivity contribution is 0.351. The lowest BCUT2D eigenvalue weighted by Gasteiger charge is -2.06. The van der Waals surface area contributed by atoms with Crippen molar-refractivity contribution >= 4 is 11.6 Å². The Kier molecular flexibility index (Phi) is 3.24. The van der Waals surface area contributed by atoms with Gasteiger partial charge in [-0.2, -0.15) is 9.97 Å². The summed E-state index contributed by atoms with van der Waals surface area (Å²) >= 11 is 5.65. The summed E-state index contributed by atoms with van der Waals surface area (Å²) in [7, 11) is 1.40. The average Bonchev–Trinajstić information content (AvgIpc) is 2.31. The van der Waals surface area contributed by atoms with E-state index in [2.05, 4.69) is 15.0 Å². The van der Waals surface area contributed by atoms with Crippen LogP contribution in [0.1, 0.15) is 0 Å². The maximum atomic E-state index is 9.51. The Hall–Kier alpha value is -2.08. The molecule has 0 amide bonds. The molecule has 7 heteroatoms. The SMILES string of the molecule is COc1nc(Cl)nc(Oc2ccccc2O)n1. The molecule has 1 N–H and O–H groups in total. The minimum Gasteiger partial charge on any atom is -0.504 e. The maximum Gasteiger partial charge on any atom is 0.329 e. The van der Waals surface area contributed by atoms with Gasteiger partial charge in [-0.1, -0.05) is 12.1 Å². The molecule has 17 heavy (non-hydrogen) atoms. The zero-order chi connectivity index (χ0) is 12.3. The number of halogens is 1. The molecule has 2 rings (SSSR count). The van der Waals surface area contributed by atoms with Gasteiger partial charge < -0.3 is 14.6 Å². The fourth-order valence-electron chi connectivity index (χ4n) is 1.09. The van der Waals surface area contributed by atoms with Gasteiger partial charge >= 0.3 is 12.0 Å². The predicted octanol–water partition coefficient (Wildman–Crippen LogP) is 2.03. The van der Waals surface area contributed by atoms with E-state index in [1.165, 1.54) is 13.2 Å². The molecule has 0 spiro atoms. The molecule has 0 bridgehead atoms. The summed E-state index contributed by atoms with van der Waals surface area (Å²) < 4.78 is 10.1. The van der Waals surface area contributed by atoms with E-state index in [0.717, 1.165) is 0 Å². The Morgan fingerprint density at radius 1 is 1.12 bits per heavy atom. The molecule has 0 aliphatic heterocycles. The number of para-hydroxylation sites is 2. The van der Waals surface area contributed by atoms with Crippen LogP contribution >= 0.6 is 11.6 Å². The number of aromatic nitrogens is 3. The van der Waals surface area contributed by atoms with Crippen LogP contribution in [-0.2, 0) is 0 Å². The first kappa shape index (κ1) is 11.4. The van der Waals surface area contributed by atoms with E-state index in [9.17, 15) is 5.11 Å². The van der Waals surface area contributed by atoms with Gasteiger partial charge in [-0.25, -0.2) is 0 Å².